The van der Waals surface area contributed by atoms with Gasteiger partial charge in [0.05, 0.1) is 12.7 Å². The molecule has 1 N–H and O–H groups in total. The molecule has 3 amide bonds. The van der Waals surface area contributed by atoms with E-state index in [-0.39, 0.29) is 11.9 Å². The molecule has 3 heterocycles. The molecular weight excluding hydrogens is 276 g/mol. The number of carbonyl (C=O) groups excluding carboxylic acids is 2. The summed E-state index contributed by atoms with van der Waals surface area (Å²) in [4.78, 5) is 25.9. The average molecular weight is 290 g/mol. The van der Waals surface area contributed by atoms with Gasteiger partial charge in [-0.2, -0.15) is 16.4 Å². The zero-order valence-electron chi connectivity index (χ0n) is 11.2. The molecule has 3 rings (SSSR count). The first-order chi connectivity index (χ1) is 9.50. The van der Waals surface area contributed by atoms with Crippen LogP contribution < -0.4 is 5.32 Å². The van der Waals surface area contributed by atoms with E-state index in [2.05, 4.69) is 10.4 Å². The van der Waals surface area contributed by atoms with Gasteiger partial charge in [-0.3, -0.25) is 14.4 Å². The summed E-state index contributed by atoms with van der Waals surface area (Å²) in [6, 6.07) is 1.54. The van der Waals surface area contributed by atoms with E-state index >= 15 is 0 Å². The van der Waals surface area contributed by atoms with Crippen molar-refractivity contribution in [3.63, 3.8) is 0 Å². The topological polar surface area (TPSA) is 67.2 Å². The second-order valence-electron chi connectivity index (χ2n) is 4.98. The minimum absolute atomic E-state index is 0.248. The van der Waals surface area contributed by atoms with E-state index < -0.39 is 5.54 Å². The molecule has 0 aliphatic carbocycles. The van der Waals surface area contributed by atoms with Gasteiger partial charge in [0.1, 0.15) is 5.54 Å². The number of rotatable bonds is 3. The van der Waals surface area contributed by atoms with Crippen LogP contribution in [0.25, 0.3) is 0 Å². The minimum Gasteiger partial charge on any atom is -0.319 e. The summed E-state index contributed by atoms with van der Waals surface area (Å²) in [7, 11) is 1.78. The van der Waals surface area contributed by atoms with E-state index in [0.29, 0.717) is 12.1 Å². The van der Waals surface area contributed by atoms with Gasteiger partial charge in [0.25, 0.3) is 5.91 Å². The number of carbonyl (C=O) groups is 2. The first kappa shape index (κ1) is 12.9. The summed E-state index contributed by atoms with van der Waals surface area (Å²) in [5.41, 5.74) is 0.599. The van der Waals surface area contributed by atoms with Gasteiger partial charge < -0.3 is 5.32 Å². The van der Waals surface area contributed by atoms with Crippen LogP contribution in [0.15, 0.2) is 29.2 Å². The molecule has 0 spiro atoms. The van der Waals surface area contributed by atoms with Crippen molar-refractivity contribution in [2.45, 2.75) is 19.0 Å². The van der Waals surface area contributed by atoms with Gasteiger partial charge in [0.15, 0.2) is 0 Å². The van der Waals surface area contributed by atoms with Gasteiger partial charge in [-0.25, -0.2) is 4.79 Å². The Labute approximate surface area is 120 Å². The Morgan fingerprint density at radius 3 is 2.85 bits per heavy atom. The number of amides is 3. The Kier molecular flexibility index (Phi) is 2.86. The maximum absolute atomic E-state index is 12.6. The van der Waals surface area contributed by atoms with Crippen LogP contribution in [0, 0.1) is 0 Å². The quantitative estimate of drug-likeness (QED) is 0.870. The number of urea groups is 1. The lowest BCUT2D eigenvalue weighted by Gasteiger charge is -2.19. The molecule has 1 saturated heterocycles. The van der Waals surface area contributed by atoms with Crippen LogP contribution in [0.1, 0.15) is 18.1 Å². The molecule has 0 aromatic carbocycles. The molecule has 0 radical (unpaired) electrons. The summed E-state index contributed by atoms with van der Waals surface area (Å²) in [5.74, 6) is -0.248. The maximum atomic E-state index is 12.6. The molecule has 2 aromatic heterocycles. The second-order valence-corrected chi connectivity index (χ2v) is 5.76. The van der Waals surface area contributed by atoms with Gasteiger partial charge in [0.2, 0.25) is 0 Å². The third kappa shape index (κ3) is 1.90. The number of aryl methyl sites for hydroxylation is 1. The molecule has 0 bridgehead atoms. The minimum atomic E-state index is -1.04. The lowest BCUT2D eigenvalue weighted by atomic mass is 9.95. The summed E-state index contributed by atoms with van der Waals surface area (Å²) >= 11 is 1.54. The summed E-state index contributed by atoms with van der Waals surface area (Å²) < 4.78 is 1.61. The van der Waals surface area contributed by atoms with E-state index in [9.17, 15) is 9.59 Å². The highest BCUT2D eigenvalue weighted by Gasteiger charge is 2.49. The Hall–Kier alpha value is -2.15. The number of hydrogen-bond acceptors (Lipinski definition) is 4. The van der Waals surface area contributed by atoms with Crippen molar-refractivity contribution < 1.29 is 9.59 Å². The Morgan fingerprint density at radius 1 is 1.45 bits per heavy atom. The molecule has 0 unspecified atom stereocenters. The molecule has 1 aliphatic rings. The summed E-state index contributed by atoms with van der Waals surface area (Å²) in [5, 5.41) is 10.7. The third-order valence-corrected chi connectivity index (χ3v) is 4.21. The summed E-state index contributed by atoms with van der Waals surface area (Å²) in [6.45, 7) is 2.00. The van der Waals surface area contributed by atoms with E-state index in [1.807, 2.05) is 16.8 Å². The van der Waals surface area contributed by atoms with Crippen LogP contribution >= 0.6 is 11.3 Å². The van der Waals surface area contributed by atoms with Crippen LogP contribution in [0.4, 0.5) is 4.79 Å². The maximum Gasteiger partial charge on any atom is 0.325 e. The second kappa shape index (κ2) is 4.45. The lowest BCUT2D eigenvalue weighted by Crippen LogP contribution is -2.40. The van der Waals surface area contributed by atoms with Gasteiger partial charge in [-0.05, 0) is 29.3 Å². The lowest BCUT2D eigenvalue weighted by molar-refractivity contribution is -0.131. The van der Waals surface area contributed by atoms with Gasteiger partial charge in [-0.1, -0.05) is 0 Å². The van der Waals surface area contributed by atoms with Crippen molar-refractivity contribution in [2.24, 2.45) is 7.05 Å². The number of nitrogens with one attached hydrogen (secondary N) is 1. The number of hydrogen-bond donors (Lipinski definition) is 1. The largest absolute Gasteiger partial charge is 0.325 e. The van der Waals surface area contributed by atoms with E-state index in [4.69, 9.17) is 0 Å². The standard InChI is InChI=1S/C13H14N4O2S/c1-13(10-5-14-16(2)7-10)11(18)17(12(19)15-13)6-9-3-4-20-8-9/h3-5,7-8H,6H2,1-2H3,(H,15,19)/t13-/m0/s1. The first-order valence-electron chi connectivity index (χ1n) is 6.15. The van der Waals surface area contributed by atoms with Crippen LogP contribution in [-0.2, 0) is 23.9 Å². The SMILES string of the molecule is Cn1cc([C@]2(C)NC(=O)N(Cc3ccsc3)C2=O)cn1. The van der Waals surface area contributed by atoms with Crippen LogP contribution in [0.5, 0.6) is 0 Å². The molecule has 1 atom stereocenters. The normalized spacial score (nSPS) is 22.4. The molecule has 20 heavy (non-hydrogen) atoms. The predicted octanol–water partition coefficient (Wildman–Crippen LogP) is 1.45. The number of imide groups is 1. The average Bonchev–Trinajstić information content (AvgIpc) is 3.09. The van der Waals surface area contributed by atoms with Gasteiger partial charge >= 0.3 is 6.03 Å². The predicted molar refractivity (Wildman–Crippen MR) is 74.0 cm³/mol. The van der Waals surface area contributed by atoms with Crippen molar-refractivity contribution in [3.8, 4) is 0 Å². The highest BCUT2D eigenvalue weighted by Crippen LogP contribution is 2.29. The van der Waals surface area contributed by atoms with Crippen LogP contribution in [-0.4, -0.2) is 26.6 Å². The van der Waals surface area contributed by atoms with E-state index in [0.717, 1.165) is 5.56 Å². The third-order valence-electron chi connectivity index (χ3n) is 3.48. The summed E-state index contributed by atoms with van der Waals surface area (Å²) in [6.07, 6.45) is 3.35. The van der Waals surface area contributed by atoms with Crippen LogP contribution in [0.2, 0.25) is 0 Å². The van der Waals surface area contributed by atoms with E-state index in [1.54, 1.807) is 42.4 Å². The molecule has 6 nitrogen and oxygen atoms in total. The molecular formula is C13H14N4O2S. The molecule has 0 saturated carbocycles. The molecule has 1 aliphatic heterocycles. The molecule has 104 valence electrons. The fraction of sp³-hybridized carbons (Fsp3) is 0.308. The van der Waals surface area contributed by atoms with Crippen molar-refractivity contribution in [1.29, 1.82) is 0 Å². The molecule has 2 aromatic rings. The van der Waals surface area contributed by atoms with Gasteiger partial charge in [0, 0.05) is 18.8 Å². The number of aromatic nitrogens is 2. The van der Waals surface area contributed by atoms with Crippen molar-refractivity contribution in [1.82, 2.24) is 20.0 Å². The molecule has 1 fully saturated rings. The van der Waals surface area contributed by atoms with E-state index in [1.165, 1.54) is 4.90 Å². The fourth-order valence-corrected chi connectivity index (χ4v) is 2.94. The van der Waals surface area contributed by atoms with Gasteiger partial charge in [-0.15, -0.1) is 0 Å². The highest BCUT2D eigenvalue weighted by molar-refractivity contribution is 7.07. The highest BCUT2D eigenvalue weighted by atomic mass is 32.1. The first-order valence-corrected chi connectivity index (χ1v) is 7.09. The van der Waals surface area contributed by atoms with Crippen molar-refractivity contribution in [2.75, 3.05) is 0 Å². The Balaban J connectivity index is 1.90. The number of thiophene rings is 1. The Morgan fingerprint density at radius 2 is 2.25 bits per heavy atom. The van der Waals surface area contributed by atoms with Crippen molar-refractivity contribution >= 4 is 23.3 Å². The zero-order chi connectivity index (χ0) is 14.3. The fourth-order valence-electron chi connectivity index (χ4n) is 2.28. The smallest absolute Gasteiger partial charge is 0.319 e. The number of nitrogens with zero attached hydrogens (tertiary/aromatic N) is 3. The van der Waals surface area contributed by atoms with Crippen LogP contribution in [0.3, 0.4) is 0 Å². The van der Waals surface area contributed by atoms with Crippen molar-refractivity contribution in [3.05, 3.63) is 40.3 Å². The zero-order valence-corrected chi connectivity index (χ0v) is 12.0. The Bertz CT molecular complexity index is 664. The monoisotopic (exact) mass is 290 g/mol. The molecule has 7 heteroatoms.